The molecule has 0 bridgehead atoms. The number of alkyl halides is 3. The fraction of sp³-hybridized carbons (Fsp3) is 0.353. The molecular formula is C17H15F4N3O2S2. The fourth-order valence-electron chi connectivity index (χ4n) is 2.94. The van der Waals surface area contributed by atoms with Gasteiger partial charge in [0.1, 0.15) is 11.5 Å². The molecule has 5 nitrogen and oxygen atoms in total. The second kappa shape index (κ2) is 6.96. The first-order valence-corrected chi connectivity index (χ1v) is 9.47. The molecule has 3 rings (SSSR count). The van der Waals surface area contributed by atoms with Gasteiger partial charge in [0, 0.05) is 11.6 Å². The predicted octanol–water partition coefficient (Wildman–Crippen LogP) is 4.71. The van der Waals surface area contributed by atoms with Gasteiger partial charge in [0.25, 0.3) is 5.56 Å². The number of hydrogen-bond acceptors (Lipinski definition) is 4. The summed E-state index contributed by atoms with van der Waals surface area (Å²) in [7, 11) is 0. The van der Waals surface area contributed by atoms with Gasteiger partial charge < -0.3 is 4.98 Å². The highest BCUT2D eigenvalue weighted by molar-refractivity contribution is 7.71. The van der Waals surface area contributed by atoms with Gasteiger partial charge in [-0.05, 0) is 44.6 Å². The quantitative estimate of drug-likeness (QED) is 0.481. The first-order valence-electron chi connectivity index (χ1n) is 8.25. The second-order valence-electron chi connectivity index (χ2n) is 6.34. The van der Waals surface area contributed by atoms with Crippen LogP contribution in [-0.2, 0) is 6.18 Å². The standard InChI is InChI=1S/C17H15F4N3O2S2/c1-4-7(2)23-11-6-10(9(18)5-12(11)28-16(23)26)24-14(25)8(3)13(17(19,20)21)22-15(24)27/h5-7H,4H2,1-3H3,(H,22,27). The molecule has 3 aromatic rings. The molecular weight excluding hydrogens is 418 g/mol. The lowest BCUT2D eigenvalue weighted by atomic mass is 10.2. The minimum absolute atomic E-state index is 0.180. The minimum atomic E-state index is -4.80. The van der Waals surface area contributed by atoms with Crippen LogP contribution >= 0.6 is 23.6 Å². The maximum Gasteiger partial charge on any atom is 0.431 e. The molecule has 150 valence electrons. The molecule has 0 amide bonds. The molecule has 28 heavy (non-hydrogen) atoms. The van der Waals surface area contributed by atoms with E-state index in [9.17, 15) is 27.2 Å². The van der Waals surface area contributed by atoms with Crippen molar-refractivity contribution < 1.29 is 17.6 Å². The minimum Gasteiger partial charge on any atom is -0.328 e. The first-order chi connectivity index (χ1) is 13.0. The summed E-state index contributed by atoms with van der Waals surface area (Å²) in [5.41, 5.74) is -2.91. The molecule has 2 heterocycles. The third kappa shape index (κ3) is 3.22. The monoisotopic (exact) mass is 433 g/mol. The van der Waals surface area contributed by atoms with E-state index in [1.54, 1.807) is 0 Å². The first kappa shape index (κ1) is 20.5. The van der Waals surface area contributed by atoms with Crippen LogP contribution in [0, 0.1) is 17.5 Å². The third-order valence-electron chi connectivity index (χ3n) is 4.57. The average molecular weight is 433 g/mol. The van der Waals surface area contributed by atoms with E-state index >= 15 is 0 Å². The lowest BCUT2D eigenvalue weighted by molar-refractivity contribution is -0.141. The van der Waals surface area contributed by atoms with Crippen LogP contribution in [0.4, 0.5) is 17.6 Å². The van der Waals surface area contributed by atoms with Gasteiger partial charge in [0.2, 0.25) is 0 Å². The van der Waals surface area contributed by atoms with Crippen molar-refractivity contribution in [3.05, 3.63) is 54.0 Å². The van der Waals surface area contributed by atoms with E-state index in [1.165, 1.54) is 10.6 Å². The van der Waals surface area contributed by atoms with E-state index in [2.05, 4.69) is 0 Å². The number of nitrogens with one attached hydrogen (secondary N) is 1. The molecule has 0 aliphatic heterocycles. The molecule has 1 N–H and O–H groups in total. The number of aromatic nitrogens is 3. The van der Waals surface area contributed by atoms with Gasteiger partial charge >= 0.3 is 11.0 Å². The Kier molecular flexibility index (Phi) is 5.09. The Bertz CT molecular complexity index is 1250. The van der Waals surface area contributed by atoms with E-state index in [-0.39, 0.29) is 16.6 Å². The van der Waals surface area contributed by atoms with Crippen LogP contribution in [0.15, 0.2) is 21.7 Å². The van der Waals surface area contributed by atoms with E-state index < -0.39 is 33.6 Å². The highest BCUT2D eigenvalue weighted by Crippen LogP contribution is 2.30. The number of hydrogen-bond donors (Lipinski definition) is 1. The topological polar surface area (TPSA) is 59.8 Å². The Hall–Kier alpha value is -2.27. The summed E-state index contributed by atoms with van der Waals surface area (Å²) < 4.78 is 55.9. The van der Waals surface area contributed by atoms with Crippen molar-refractivity contribution in [3.63, 3.8) is 0 Å². The molecule has 1 unspecified atom stereocenters. The molecule has 0 saturated heterocycles. The number of fused-ring (bicyclic) bond motifs is 1. The molecule has 11 heteroatoms. The highest BCUT2D eigenvalue weighted by Gasteiger charge is 2.35. The van der Waals surface area contributed by atoms with Gasteiger partial charge in [0.05, 0.1) is 15.9 Å². The van der Waals surface area contributed by atoms with Crippen molar-refractivity contribution in [1.29, 1.82) is 0 Å². The zero-order valence-electron chi connectivity index (χ0n) is 15.0. The summed E-state index contributed by atoms with van der Waals surface area (Å²) in [6, 6.07) is 2.18. The zero-order valence-corrected chi connectivity index (χ0v) is 16.6. The van der Waals surface area contributed by atoms with Gasteiger partial charge in [-0.3, -0.25) is 18.7 Å². The van der Waals surface area contributed by atoms with Crippen molar-refractivity contribution in [3.8, 4) is 5.69 Å². The van der Waals surface area contributed by atoms with Crippen molar-refractivity contribution in [2.75, 3.05) is 0 Å². The van der Waals surface area contributed by atoms with Crippen LogP contribution in [0.3, 0.4) is 0 Å². The van der Waals surface area contributed by atoms with Crippen LogP contribution in [-0.4, -0.2) is 14.1 Å². The van der Waals surface area contributed by atoms with E-state index in [0.717, 1.165) is 24.3 Å². The van der Waals surface area contributed by atoms with Crippen LogP contribution in [0.2, 0.25) is 0 Å². The van der Waals surface area contributed by atoms with Gasteiger partial charge in [-0.25, -0.2) is 4.39 Å². The number of halogens is 4. The Labute approximate surface area is 164 Å². The van der Waals surface area contributed by atoms with Gasteiger partial charge in [-0.2, -0.15) is 13.2 Å². The lowest BCUT2D eigenvalue weighted by Gasteiger charge is -2.15. The van der Waals surface area contributed by atoms with Crippen molar-refractivity contribution in [2.24, 2.45) is 0 Å². The molecule has 2 aromatic heterocycles. The molecule has 0 saturated carbocycles. The zero-order chi connectivity index (χ0) is 21.0. The number of aromatic amines is 1. The van der Waals surface area contributed by atoms with Crippen LogP contribution in [0.25, 0.3) is 15.9 Å². The summed E-state index contributed by atoms with van der Waals surface area (Å²) in [4.78, 5) is 26.5. The SMILES string of the molecule is CCC(C)n1c(=O)sc2cc(F)c(-n3c(=S)[nH]c(C(F)(F)F)c(C)c3=O)cc21. The second-order valence-corrected chi connectivity index (χ2v) is 7.71. The third-order valence-corrected chi connectivity index (χ3v) is 5.77. The van der Waals surface area contributed by atoms with Crippen molar-refractivity contribution in [2.45, 2.75) is 39.4 Å². The lowest BCUT2D eigenvalue weighted by Crippen LogP contribution is -2.28. The number of thiazole rings is 1. The molecule has 0 aliphatic rings. The van der Waals surface area contributed by atoms with E-state index in [0.29, 0.717) is 21.2 Å². The maximum atomic E-state index is 14.7. The molecule has 0 aliphatic carbocycles. The molecule has 0 spiro atoms. The number of H-pyrrole nitrogens is 1. The summed E-state index contributed by atoms with van der Waals surface area (Å²) in [6.07, 6.45) is -4.17. The Morgan fingerprint density at radius 1 is 1.29 bits per heavy atom. The van der Waals surface area contributed by atoms with E-state index in [1.807, 2.05) is 18.8 Å². The summed E-state index contributed by atoms with van der Waals surface area (Å²) >= 11 is 5.76. The number of nitrogens with zero attached hydrogens (tertiary/aromatic N) is 2. The van der Waals surface area contributed by atoms with Crippen molar-refractivity contribution >= 4 is 33.8 Å². The summed E-state index contributed by atoms with van der Waals surface area (Å²) in [5.74, 6) is -0.870. The van der Waals surface area contributed by atoms with Gasteiger partial charge in [-0.15, -0.1) is 0 Å². The smallest absolute Gasteiger partial charge is 0.328 e. The summed E-state index contributed by atoms with van der Waals surface area (Å²) in [6.45, 7) is 4.69. The maximum absolute atomic E-state index is 14.7. The van der Waals surface area contributed by atoms with E-state index in [4.69, 9.17) is 12.2 Å². The Morgan fingerprint density at radius 2 is 1.93 bits per heavy atom. The normalized spacial score (nSPS) is 13.2. The number of rotatable bonds is 3. The Balaban J connectivity index is 2.38. The number of benzene rings is 1. The average Bonchev–Trinajstić information content (AvgIpc) is 2.91. The van der Waals surface area contributed by atoms with Gasteiger partial charge in [-0.1, -0.05) is 18.3 Å². The van der Waals surface area contributed by atoms with Crippen LogP contribution < -0.4 is 10.4 Å². The van der Waals surface area contributed by atoms with Crippen LogP contribution in [0.1, 0.15) is 37.6 Å². The predicted molar refractivity (Wildman–Crippen MR) is 102 cm³/mol. The highest BCUT2D eigenvalue weighted by atomic mass is 32.1. The molecule has 1 aromatic carbocycles. The molecule has 0 fully saturated rings. The molecule has 0 radical (unpaired) electrons. The largest absolute Gasteiger partial charge is 0.431 e. The van der Waals surface area contributed by atoms with Crippen LogP contribution in [0.5, 0.6) is 0 Å². The molecule has 1 atom stereocenters. The van der Waals surface area contributed by atoms with Gasteiger partial charge in [0.15, 0.2) is 4.77 Å². The fourth-order valence-corrected chi connectivity index (χ4v) is 4.21. The Morgan fingerprint density at radius 3 is 2.50 bits per heavy atom. The summed E-state index contributed by atoms with van der Waals surface area (Å²) in [5, 5.41) is 0. The van der Waals surface area contributed by atoms with Crippen molar-refractivity contribution in [1.82, 2.24) is 14.1 Å².